The van der Waals surface area contributed by atoms with E-state index >= 15 is 0 Å². The average molecular weight is 283 g/mol. The Kier molecular flexibility index (Phi) is 7.41. The van der Waals surface area contributed by atoms with Gasteiger partial charge in [0, 0.05) is 24.4 Å². The van der Waals surface area contributed by atoms with Gasteiger partial charge in [0.15, 0.2) is 0 Å². The van der Waals surface area contributed by atoms with E-state index in [1.807, 2.05) is 5.38 Å². The van der Waals surface area contributed by atoms with Gasteiger partial charge in [0.25, 0.3) is 0 Å². The van der Waals surface area contributed by atoms with E-state index in [1.165, 1.54) is 17.6 Å². The third-order valence-corrected chi connectivity index (χ3v) is 3.07. The molecule has 6 nitrogen and oxygen atoms in total. The van der Waals surface area contributed by atoms with E-state index in [2.05, 4.69) is 15.5 Å². The molecular weight excluding hydrogens is 266 g/mol. The quantitative estimate of drug-likeness (QED) is 0.412. The first-order valence-corrected chi connectivity index (χ1v) is 6.99. The summed E-state index contributed by atoms with van der Waals surface area (Å²) in [7, 11) is 0. The van der Waals surface area contributed by atoms with E-state index < -0.39 is 5.97 Å². The molecule has 104 valence electrons. The fourth-order valence-corrected chi connectivity index (χ4v) is 1.93. The summed E-state index contributed by atoms with van der Waals surface area (Å²) < 4.78 is 0. The van der Waals surface area contributed by atoms with Crippen LogP contribution < -0.4 is 5.43 Å². The van der Waals surface area contributed by atoms with Gasteiger partial charge in [-0.2, -0.15) is 5.10 Å². The summed E-state index contributed by atoms with van der Waals surface area (Å²) >= 11 is 1.44. The lowest BCUT2D eigenvalue weighted by atomic mass is 10.1. The predicted octanol–water partition coefficient (Wildman–Crippen LogP) is 2.02. The number of nitrogens with zero attached hydrogens (tertiary/aromatic N) is 2. The Balaban J connectivity index is 2.00. The SMILES string of the molecule is O=C(O)CCCCCCC(=O)N/N=C/c1nccs1. The Bertz CT molecular complexity index is 418. The molecular formula is C12H17N3O3S. The van der Waals surface area contributed by atoms with Crippen LogP contribution >= 0.6 is 11.3 Å². The Morgan fingerprint density at radius 3 is 2.68 bits per heavy atom. The number of thiazole rings is 1. The molecule has 0 unspecified atom stereocenters. The second-order valence-electron chi connectivity index (χ2n) is 3.97. The summed E-state index contributed by atoms with van der Waals surface area (Å²) in [6, 6.07) is 0. The van der Waals surface area contributed by atoms with E-state index in [1.54, 1.807) is 6.20 Å². The second-order valence-corrected chi connectivity index (χ2v) is 4.90. The van der Waals surface area contributed by atoms with Crippen molar-refractivity contribution in [1.29, 1.82) is 0 Å². The van der Waals surface area contributed by atoms with Crippen molar-refractivity contribution in [3.63, 3.8) is 0 Å². The van der Waals surface area contributed by atoms with Crippen molar-refractivity contribution in [1.82, 2.24) is 10.4 Å². The molecule has 0 spiro atoms. The molecule has 0 atom stereocenters. The van der Waals surface area contributed by atoms with Gasteiger partial charge in [-0.15, -0.1) is 11.3 Å². The fourth-order valence-electron chi connectivity index (χ4n) is 1.43. The van der Waals surface area contributed by atoms with E-state index in [0.29, 0.717) is 12.8 Å². The molecule has 0 aliphatic rings. The van der Waals surface area contributed by atoms with Crippen LogP contribution in [0.5, 0.6) is 0 Å². The van der Waals surface area contributed by atoms with Gasteiger partial charge in [-0.1, -0.05) is 12.8 Å². The molecule has 0 aliphatic heterocycles. The number of unbranched alkanes of at least 4 members (excludes halogenated alkanes) is 3. The molecule has 1 aromatic rings. The van der Waals surface area contributed by atoms with Crippen LogP contribution in [0.15, 0.2) is 16.7 Å². The summed E-state index contributed by atoms with van der Waals surface area (Å²) in [6.07, 6.45) is 6.89. The minimum Gasteiger partial charge on any atom is -0.481 e. The van der Waals surface area contributed by atoms with Gasteiger partial charge in [-0.3, -0.25) is 9.59 Å². The topological polar surface area (TPSA) is 91.6 Å². The van der Waals surface area contributed by atoms with Gasteiger partial charge in [-0.25, -0.2) is 10.4 Å². The van der Waals surface area contributed by atoms with Crippen LogP contribution in [0.1, 0.15) is 43.5 Å². The van der Waals surface area contributed by atoms with Gasteiger partial charge in [0.1, 0.15) is 5.01 Å². The number of hydrogen-bond acceptors (Lipinski definition) is 5. The highest BCUT2D eigenvalue weighted by Crippen LogP contribution is 2.05. The number of carboxylic acid groups (broad SMARTS) is 1. The summed E-state index contributed by atoms with van der Waals surface area (Å²) in [5.41, 5.74) is 2.43. The number of amides is 1. The Morgan fingerprint density at radius 1 is 1.32 bits per heavy atom. The predicted molar refractivity (Wildman–Crippen MR) is 73.2 cm³/mol. The maximum absolute atomic E-state index is 11.4. The zero-order chi connectivity index (χ0) is 13.9. The molecule has 7 heteroatoms. The number of hydrogen-bond donors (Lipinski definition) is 2. The maximum Gasteiger partial charge on any atom is 0.303 e. The van der Waals surface area contributed by atoms with Crippen molar-refractivity contribution in [2.75, 3.05) is 0 Å². The van der Waals surface area contributed by atoms with E-state index in [4.69, 9.17) is 5.11 Å². The lowest BCUT2D eigenvalue weighted by Crippen LogP contribution is -2.16. The summed E-state index contributed by atoms with van der Waals surface area (Å²) in [6.45, 7) is 0. The first-order chi connectivity index (χ1) is 9.18. The highest BCUT2D eigenvalue weighted by atomic mass is 32.1. The lowest BCUT2D eigenvalue weighted by Gasteiger charge is -1.99. The summed E-state index contributed by atoms with van der Waals surface area (Å²) in [4.78, 5) is 25.6. The number of aliphatic carboxylic acids is 1. The third-order valence-electron chi connectivity index (χ3n) is 2.36. The van der Waals surface area contributed by atoms with E-state index in [-0.39, 0.29) is 12.3 Å². The van der Waals surface area contributed by atoms with Crippen molar-refractivity contribution < 1.29 is 14.7 Å². The van der Waals surface area contributed by atoms with Crippen LogP contribution in [-0.2, 0) is 9.59 Å². The van der Waals surface area contributed by atoms with Crippen LogP contribution in [0.2, 0.25) is 0 Å². The Morgan fingerprint density at radius 2 is 2.05 bits per heavy atom. The van der Waals surface area contributed by atoms with Crippen LogP contribution in [0, 0.1) is 0 Å². The van der Waals surface area contributed by atoms with Gasteiger partial charge >= 0.3 is 5.97 Å². The molecule has 0 fully saturated rings. The number of rotatable bonds is 9. The molecule has 1 rings (SSSR count). The minimum atomic E-state index is -0.769. The van der Waals surface area contributed by atoms with E-state index in [0.717, 1.165) is 24.3 Å². The number of carbonyl (C=O) groups excluding carboxylic acids is 1. The molecule has 0 saturated heterocycles. The van der Waals surface area contributed by atoms with Crippen LogP contribution in [0.25, 0.3) is 0 Å². The number of nitrogens with one attached hydrogen (secondary N) is 1. The van der Waals surface area contributed by atoms with E-state index in [9.17, 15) is 9.59 Å². The third kappa shape index (κ3) is 8.04. The largest absolute Gasteiger partial charge is 0.481 e. The standard InChI is InChI=1S/C12H17N3O3S/c16-10(5-3-1-2-4-6-12(17)18)15-14-9-11-13-7-8-19-11/h7-9H,1-6H2,(H,15,16)(H,17,18)/b14-9+. The smallest absolute Gasteiger partial charge is 0.303 e. The number of aromatic nitrogens is 1. The molecule has 0 aromatic carbocycles. The van der Waals surface area contributed by atoms with Crippen molar-refractivity contribution >= 4 is 29.4 Å². The van der Waals surface area contributed by atoms with Gasteiger partial charge in [0.2, 0.25) is 5.91 Å². The first kappa shape index (κ1) is 15.3. The first-order valence-electron chi connectivity index (χ1n) is 6.11. The molecule has 1 heterocycles. The molecule has 1 aromatic heterocycles. The maximum atomic E-state index is 11.4. The molecule has 19 heavy (non-hydrogen) atoms. The van der Waals surface area contributed by atoms with Crippen LogP contribution in [0.4, 0.5) is 0 Å². The van der Waals surface area contributed by atoms with Crippen molar-refractivity contribution in [3.05, 3.63) is 16.6 Å². The van der Waals surface area contributed by atoms with Gasteiger partial charge < -0.3 is 5.11 Å². The normalized spacial score (nSPS) is 10.7. The van der Waals surface area contributed by atoms with Crippen LogP contribution in [0.3, 0.4) is 0 Å². The minimum absolute atomic E-state index is 0.133. The second kappa shape index (κ2) is 9.21. The summed E-state index contributed by atoms with van der Waals surface area (Å²) in [5, 5.41) is 14.8. The average Bonchev–Trinajstić information content (AvgIpc) is 2.86. The highest BCUT2D eigenvalue weighted by Gasteiger charge is 2.00. The Labute approximate surface area is 115 Å². The zero-order valence-electron chi connectivity index (χ0n) is 10.5. The number of carbonyl (C=O) groups is 2. The lowest BCUT2D eigenvalue weighted by molar-refractivity contribution is -0.137. The molecule has 0 bridgehead atoms. The van der Waals surface area contributed by atoms with Crippen molar-refractivity contribution in [2.45, 2.75) is 38.5 Å². The monoisotopic (exact) mass is 283 g/mol. The molecule has 0 saturated carbocycles. The molecule has 2 N–H and O–H groups in total. The summed E-state index contributed by atoms with van der Waals surface area (Å²) in [5.74, 6) is -0.902. The van der Waals surface area contributed by atoms with Crippen molar-refractivity contribution in [2.24, 2.45) is 5.10 Å². The van der Waals surface area contributed by atoms with Gasteiger partial charge in [0.05, 0.1) is 6.21 Å². The highest BCUT2D eigenvalue weighted by molar-refractivity contribution is 7.11. The number of hydrazone groups is 1. The van der Waals surface area contributed by atoms with Gasteiger partial charge in [-0.05, 0) is 12.8 Å². The Hall–Kier alpha value is -1.76. The zero-order valence-corrected chi connectivity index (χ0v) is 11.4. The van der Waals surface area contributed by atoms with Crippen molar-refractivity contribution in [3.8, 4) is 0 Å². The van der Waals surface area contributed by atoms with Crippen LogP contribution in [-0.4, -0.2) is 28.2 Å². The fraction of sp³-hybridized carbons (Fsp3) is 0.500. The molecule has 0 aliphatic carbocycles. The molecule has 0 radical (unpaired) electrons. The molecule has 1 amide bonds. The number of carboxylic acids is 1.